The van der Waals surface area contributed by atoms with E-state index in [9.17, 15) is 8.42 Å². The Morgan fingerprint density at radius 1 is 0.926 bits per heavy atom. The topological polar surface area (TPSA) is 74.7 Å². The lowest BCUT2D eigenvalue weighted by Crippen LogP contribution is -2.12. The summed E-state index contributed by atoms with van der Waals surface area (Å²) in [5.41, 5.74) is 0.207. The molecule has 0 N–H and O–H groups in total. The first-order valence-electron chi connectivity index (χ1n) is 7.37. The Hall–Kier alpha value is -1.93. The average Bonchev–Trinajstić information content (AvgIpc) is 2.64. The average molecular weight is 449 g/mol. The molecule has 1 heterocycles. The summed E-state index contributed by atoms with van der Waals surface area (Å²) in [6.07, 6.45) is 1.47. The van der Waals surface area contributed by atoms with Crippen LogP contribution in [0.25, 0.3) is 10.9 Å². The Labute approximate surface area is 170 Å². The largest absolute Gasteiger partial charge is 0.495 e. The highest BCUT2D eigenvalue weighted by atomic mass is 35.5. The number of benzene rings is 2. The smallest absolute Gasteiger partial charge is 0.343 e. The molecule has 0 radical (unpaired) electrons. The lowest BCUT2D eigenvalue weighted by molar-refractivity contribution is 0.388. The molecule has 0 aliphatic heterocycles. The van der Waals surface area contributed by atoms with Gasteiger partial charge in [0.1, 0.15) is 17.0 Å². The molecule has 2 aromatic carbocycles. The number of methoxy groups -OCH3 is 2. The van der Waals surface area contributed by atoms with Crippen molar-refractivity contribution in [3.63, 3.8) is 0 Å². The predicted octanol–water partition coefficient (Wildman–Crippen LogP) is 4.98. The molecular formula is C17H12Cl3NO5S. The van der Waals surface area contributed by atoms with Gasteiger partial charge in [-0.25, -0.2) is 0 Å². The van der Waals surface area contributed by atoms with E-state index in [0.29, 0.717) is 10.4 Å². The number of hydrogen-bond donors (Lipinski definition) is 0. The van der Waals surface area contributed by atoms with E-state index in [2.05, 4.69) is 4.98 Å². The van der Waals surface area contributed by atoms with Crippen molar-refractivity contribution in [2.24, 2.45) is 0 Å². The van der Waals surface area contributed by atoms with E-state index in [1.54, 1.807) is 12.1 Å². The van der Waals surface area contributed by atoms with Crippen molar-refractivity contribution in [3.8, 4) is 17.2 Å². The minimum atomic E-state index is -4.36. The number of pyridine rings is 1. The molecule has 0 amide bonds. The SMILES string of the molecule is COc1cc(S(=O)(=O)Oc2c(Cl)cc(Cl)c3cccnc23)c(OC)cc1Cl. The Kier molecular flexibility index (Phi) is 5.58. The predicted molar refractivity (Wildman–Crippen MR) is 104 cm³/mol. The monoisotopic (exact) mass is 447 g/mol. The second kappa shape index (κ2) is 7.59. The molecular weight excluding hydrogens is 437 g/mol. The van der Waals surface area contributed by atoms with Crippen LogP contribution in [-0.4, -0.2) is 27.6 Å². The number of hydrogen-bond acceptors (Lipinski definition) is 6. The van der Waals surface area contributed by atoms with Gasteiger partial charge in [0.05, 0.1) is 29.3 Å². The van der Waals surface area contributed by atoms with E-state index in [1.165, 1.54) is 38.6 Å². The molecule has 0 aliphatic rings. The van der Waals surface area contributed by atoms with Crippen LogP contribution in [0.3, 0.4) is 0 Å². The molecule has 10 heteroatoms. The molecule has 0 saturated carbocycles. The molecule has 6 nitrogen and oxygen atoms in total. The van der Waals surface area contributed by atoms with E-state index in [4.69, 9.17) is 48.5 Å². The second-order valence-electron chi connectivity index (χ2n) is 5.24. The molecule has 0 unspecified atom stereocenters. The maximum Gasteiger partial charge on any atom is 0.343 e. The third-order valence-electron chi connectivity index (χ3n) is 3.65. The molecule has 0 spiro atoms. The highest BCUT2D eigenvalue weighted by Gasteiger charge is 2.27. The fourth-order valence-corrected chi connectivity index (χ4v) is 4.36. The van der Waals surface area contributed by atoms with Crippen molar-refractivity contribution in [2.75, 3.05) is 14.2 Å². The van der Waals surface area contributed by atoms with Gasteiger partial charge in [-0.15, -0.1) is 0 Å². The van der Waals surface area contributed by atoms with Gasteiger partial charge in [0, 0.05) is 23.7 Å². The summed E-state index contributed by atoms with van der Waals surface area (Å²) in [7, 11) is -1.69. The molecule has 0 bridgehead atoms. The lowest BCUT2D eigenvalue weighted by atomic mass is 10.2. The molecule has 142 valence electrons. The van der Waals surface area contributed by atoms with Crippen molar-refractivity contribution in [1.82, 2.24) is 4.98 Å². The fraction of sp³-hybridized carbons (Fsp3) is 0.118. The van der Waals surface area contributed by atoms with Gasteiger partial charge >= 0.3 is 10.1 Å². The van der Waals surface area contributed by atoms with Crippen LogP contribution in [0.15, 0.2) is 41.4 Å². The Bertz CT molecular complexity index is 1140. The van der Waals surface area contributed by atoms with E-state index >= 15 is 0 Å². The molecule has 0 fully saturated rings. The highest BCUT2D eigenvalue weighted by Crippen LogP contribution is 2.40. The Morgan fingerprint density at radius 3 is 2.30 bits per heavy atom. The molecule has 1 aromatic heterocycles. The summed E-state index contributed by atoms with van der Waals surface area (Å²) in [5, 5.41) is 0.993. The van der Waals surface area contributed by atoms with Crippen LogP contribution in [0.1, 0.15) is 0 Å². The molecule has 0 atom stereocenters. The number of halogens is 3. The summed E-state index contributed by atoms with van der Waals surface area (Å²) in [5.74, 6) is -0.0133. The minimum absolute atomic E-state index is 0.00493. The van der Waals surface area contributed by atoms with E-state index in [-0.39, 0.29) is 37.7 Å². The standard InChI is InChI=1S/C17H12Cl3NO5S/c1-24-13-8-15(14(25-2)7-11(13)19)27(22,23)26-17-12(20)6-10(18)9-4-3-5-21-16(9)17/h3-8H,1-2H3. The molecule has 3 rings (SSSR count). The molecule has 0 aliphatic carbocycles. The Morgan fingerprint density at radius 2 is 1.63 bits per heavy atom. The van der Waals surface area contributed by atoms with Crippen LogP contribution in [0.5, 0.6) is 17.2 Å². The van der Waals surface area contributed by atoms with Gasteiger partial charge in [-0.1, -0.05) is 34.8 Å². The fourth-order valence-electron chi connectivity index (χ4n) is 2.41. The van der Waals surface area contributed by atoms with Gasteiger partial charge in [0.2, 0.25) is 0 Å². The summed E-state index contributed by atoms with van der Waals surface area (Å²) in [6.45, 7) is 0. The van der Waals surface area contributed by atoms with E-state index < -0.39 is 10.1 Å². The lowest BCUT2D eigenvalue weighted by Gasteiger charge is -2.15. The van der Waals surface area contributed by atoms with Gasteiger partial charge < -0.3 is 13.7 Å². The maximum atomic E-state index is 12.9. The first kappa shape index (κ1) is 19.8. The number of aromatic nitrogens is 1. The number of nitrogens with zero attached hydrogens (tertiary/aromatic N) is 1. The van der Waals surface area contributed by atoms with Crippen molar-refractivity contribution in [2.45, 2.75) is 4.90 Å². The third kappa shape index (κ3) is 3.73. The Balaban J connectivity index is 2.18. The summed E-state index contributed by atoms with van der Waals surface area (Å²) in [6, 6.07) is 7.24. The van der Waals surface area contributed by atoms with E-state index in [0.717, 1.165) is 0 Å². The zero-order valence-electron chi connectivity index (χ0n) is 14.0. The van der Waals surface area contributed by atoms with Gasteiger partial charge in [-0.2, -0.15) is 8.42 Å². The summed E-state index contributed by atoms with van der Waals surface area (Å²) >= 11 is 18.3. The van der Waals surface area contributed by atoms with Crippen LogP contribution in [0, 0.1) is 0 Å². The van der Waals surface area contributed by atoms with Gasteiger partial charge in [-0.3, -0.25) is 4.98 Å². The van der Waals surface area contributed by atoms with Crippen LogP contribution in [0.4, 0.5) is 0 Å². The van der Waals surface area contributed by atoms with Crippen LogP contribution >= 0.6 is 34.8 Å². The van der Waals surface area contributed by atoms with Crippen LogP contribution in [-0.2, 0) is 10.1 Å². The van der Waals surface area contributed by atoms with Gasteiger partial charge in [0.15, 0.2) is 10.6 Å². The number of ether oxygens (including phenoxy) is 2. The van der Waals surface area contributed by atoms with Crippen molar-refractivity contribution in [1.29, 1.82) is 0 Å². The minimum Gasteiger partial charge on any atom is -0.495 e. The molecule has 27 heavy (non-hydrogen) atoms. The maximum absolute atomic E-state index is 12.9. The molecule has 3 aromatic rings. The first-order chi connectivity index (χ1) is 12.8. The van der Waals surface area contributed by atoms with Gasteiger partial charge in [-0.05, 0) is 18.2 Å². The first-order valence-corrected chi connectivity index (χ1v) is 9.91. The summed E-state index contributed by atoms with van der Waals surface area (Å²) < 4.78 is 41.3. The summed E-state index contributed by atoms with van der Waals surface area (Å²) in [4.78, 5) is 3.86. The number of rotatable bonds is 5. The highest BCUT2D eigenvalue weighted by molar-refractivity contribution is 7.87. The zero-order chi connectivity index (χ0) is 19.8. The van der Waals surface area contributed by atoms with Crippen LogP contribution in [0.2, 0.25) is 15.1 Å². The van der Waals surface area contributed by atoms with Crippen LogP contribution < -0.4 is 13.7 Å². The van der Waals surface area contributed by atoms with Crippen molar-refractivity contribution < 1.29 is 22.1 Å². The van der Waals surface area contributed by atoms with Crippen molar-refractivity contribution >= 4 is 55.8 Å². The number of fused-ring (bicyclic) bond motifs is 1. The quantitative estimate of drug-likeness (QED) is 0.512. The second-order valence-corrected chi connectivity index (χ2v) is 7.98. The zero-order valence-corrected chi connectivity index (χ0v) is 17.1. The normalized spacial score (nSPS) is 11.4. The van der Waals surface area contributed by atoms with Gasteiger partial charge in [0.25, 0.3) is 0 Å². The third-order valence-corrected chi connectivity index (χ3v) is 5.78. The van der Waals surface area contributed by atoms with E-state index in [1.807, 2.05) is 0 Å². The van der Waals surface area contributed by atoms with Crippen molar-refractivity contribution in [3.05, 3.63) is 51.6 Å². The molecule has 0 saturated heterocycles.